The molecule has 2 nitrogen and oxygen atoms in total. The summed E-state index contributed by atoms with van der Waals surface area (Å²) in [5.74, 6) is 0.997. The Morgan fingerprint density at radius 3 is 2.75 bits per heavy atom. The number of unbranched alkanes of at least 4 members (excludes halogenated alkanes) is 4. The quantitative estimate of drug-likeness (QED) is 0.602. The van der Waals surface area contributed by atoms with Crippen molar-refractivity contribution in [2.75, 3.05) is 6.61 Å². The summed E-state index contributed by atoms with van der Waals surface area (Å²) in [6.07, 6.45) is 9.06. The Labute approximate surface area is 131 Å². The van der Waals surface area contributed by atoms with Crippen LogP contribution in [0.3, 0.4) is 0 Å². The van der Waals surface area contributed by atoms with Gasteiger partial charge in [-0.25, -0.2) is 0 Å². The van der Waals surface area contributed by atoms with E-state index in [0.717, 1.165) is 31.4 Å². The Balaban J connectivity index is 1.71. The second-order valence-corrected chi connectivity index (χ2v) is 6.53. The molecular formula is C17H26BrNO. The predicted molar refractivity (Wildman–Crippen MR) is 88.3 cm³/mol. The third-order valence-electron chi connectivity index (χ3n) is 3.69. The van der Waals surface area contributed by atoms with Gasteiger partial charge in [-0.05, 0) is 43.0 Å². The molecule has 1 aliphatic rings. The predicted octanol–water partition coefficient (Wildman–Crippen LogP) is 5.05. The van der Waals surface area contributed by atoms with Crippen molar-refractivity contribution < 1.29 is 4.74 Å². The highest BCUT2D eigenvalue weighted by Gasteiger charge is 2.20. The SMILES string of the molecule is CCCCCCCOc1ccc(Br)c(CNC2CC2)c1. The topological polar surface area (TPSA) is 21.3 Å². The van der Waals surface area contributed by atoms with Gasteiger partial charge in [0.2, 0.25) is 0 Å². The van der Waals surface area contributed by atoms with Crippen LogP contribution < -0.4 is 10.1 Å². The highest BCUT2D eigenvalue weighted by atomic mass is 79.9. The summed E-state index contributed by atoms with van der Waals surface area (Å²) < 4.78 is 7.02. The number of rotatable bonds is 10. The summed E-state index contributed by atoms with van der Waals surface area (Å²) in [7, 11) is 0. The minimum atomic E-state index is 0.741. The minimum absolute atomic E-state index is 0.741. The molecule has 0 aliphatic heterocycles. The summed E-state index contributed by atoms with van der Waals surface area (Å²) in [5.41, 5.74) is 1.29. The summed E-state index contributed by atoms with van der Waals surface area (Å²) in [5, 5.41) is 3.55. The zero-order chi connectivity index (χ0) is 14.2. The lowest BCUT2D eigenvalue weighted by Crippen LogP contribution is -2.15. The monoisotopic (exact) mass is 339 g/mol. The van der Waals surface area contributed by atoms with Crippen molar-refractivity contribution in [1.82, 2.24) is 5.32 Å². The Bertz CT molecular complexity index is 404. The molecular weight excluding hydrogens is 314 g/mol. The van der Waals surface area contributed by atoms with Crippen molar-refractivity contribution in [3.63, 3.8) is 0 Å². The maximum atomic E-state index is 5.86. The second kappa shape index (κ2) is 8.68. The number of halogens is 1. The molecule has 1 N–H and O–H groups in total. The number of hydrogen-bond acceptors (Lipinski definition) is 2. The third-order valence-corrected chi connectivity index (χ3v) is 4.47. The number of benzene rings is 1. The standard InChI is InChI=1S/C17H26BrNO/c1-2-3-4-5-6-11-20-16-9-10-17(18)14(12-16)13-19-15-7-8-15/h9-10,12,15,19H,2-8,11,13H2,1H3. The molecule has 0 heterocycles. The van der Waals surface area contributed by atoms with Gasteiger partial charge in [-0.15, -0.1) is 0 Å². The molecule has 0 aromatic heterocycles. The van der Waals surface area contributed by atoms with Crippen LogP contribution in [0, 0.1) is 0 Å². The molecule has 112 valence electrons. The van der Waals surface area contributed by atoms with Crippen LogP contribution in [0.15, 0.2) is 22.7 Å². The smallest absolute Gasteiger partial charge is 0.119 e. The Morgan fingerprint density at radius 1 is 1.20 bits per heavy atom. The van der Waals surface area contributed by atoms with E-state index < -0.39 is 0 Å². The highest BCUT2D eigenvalue weighted by molar-refractivity contribution is 9.10. The first kappa shape index (κ1) is 15.8. The van der Waals surface area contributed by atoms with E-state index in [1.54, 1.807) is 0 Å². The van der Waals surface area contributed by atoms with E-state index in [-0.39, 0.29) is 0 Å². The first-order chi connectivity index (χ1) is 9.79. The molecule has 0 bridgehead atoms. The van der Waals surface area contributed by atoms with Gasteiger partial charge in [0.25, 0.3) is 0 Å². The van der Waals surface area contributed by atoms with Crippen LogP contribution in [0.5, 0.6) is 5.75 Å². The fourth-order valence-electron chi connectivity index (χ4n) is 2.21. The zero-order valence-electron chi connectivity index (χ0n) is 12.5. The van der Waals surface area contributed by atoms with E-state index in [1.165, 1.54) is 48.6 Å². The minimum Gasteiger partial charge on any atom is -0.494 e. The van der Waals surface area contributed by atoms with Gasteiger partial charge in [0.05, 0.1) is 6.61 Å². The number of hydrogen-bond donors (Lipinski definition) is 1. The fraction of sp³-hybridized carbons (Fsp3) is 0.647. The Morgan fingerprint density at radius 2 is 2.00 bits per heavy atom. The Kier molecular flexibility index (Phi) is 6.88. The Hall–Kier alpha value is -0.540. The van der Waals surface area contributed by atoms with Crippen LogP contribution in [-0.2, 0) is 6.54 Å². The van der Waals surface area contributed by atoms with Crippen molar-refractivity contribution in [3.8, 4) is 5.75 Å². The van der Waals surface area contributed by atoms with E-state index >= 15 is 0 Å². The van der Waals surface area contributed by atoms with Crippen molar-refractivity contribution >= 4 is 15.9 Å². The van der Waals surface area contributed by atoms with E-state index in [2.05, 4.69) is 46.4 Å². The molecule has 0 radical (unpaired) electrons. The molecule has 1 aromatic carbocycles. The van der Waals surface area contributed by atoms with Crippen molar-refractivity contribution in [2.45, 2.75) is 64.5 Å². The molecule has 2 rings (SSSR count). The van der Waals surface area contributed by atoms with Gasteiger partial charge in [-0.3, -0.25) is 0 Å². The first-order valence-electron chi connectivity index (χ1n) is 7.94. The van der Waals surface area contributed by atoms with Crippen LogP contribution in [0.1, 0.15) is 57.4 Å². The van der Waals surface area contributed by atoms with Crippen LogP contribution in [0.25, 0.3) is 0 Å². The maximum absolute atomic E-state index is 5.86. The van der Waals surface area contributed by atoms with Crippen molar-refractivity contribution in [1.29, 1.82) is 0 Å². The average Bonchev–Trinajstić information content (AvgIpc) is 3.27. The first-order valence-corrected chi connectivity index (χ1v) is 8.73. The van der Waals surface area contributed by atoms with E-state index in [4.69, 9.17) is 4.74 Å². The summed E-state index contributed by atoms with van der Waals surface area (Å²) >= 11 is 3.62. The summed E-state index contributed by atoms with van der Waals surface area (Å²) in [6, 6.07) is 7.04. The maximum Gasteiger partial charge on any atom is 0.119 e. The van der Waals surface area contributed by atoms with Gasteiger partial charge in [-0.2, -0.15) is 0 Å². The van der Waals surface area contributed by atoms with Gasteiger partial charge in [0.15, 0.2) is 0 Å². The van der Waals surface area contributed by atoms with Gasteiger partial charge < -0.3 is 10.1 Å². The summed E-state index contributed by atoms with van der Waals surface area (Å²) in [6.45, 7) is 4.01. The van der Waals surface area contributed by atoms with Crippen LogP contribution >= 0.6 is 15.9 Å². The normalized spacial score (nSPS) is 14.5. The number of nitrogens with one attached hydrogen (secondary N) is 1. The van der Waals surface area contributed by atoms with Gasteiger partial charge in [0.1, 0.15) is 5.75 Å². The van der Waals surface area contributed by atoms with Gasteiger partial charge in [-0.1, -0.05) is 48.5 Å². The third kappa shape index (κ3) is 5.84. The lowest BCUT2D eigenvalue weighted by molar-refractivity contribution is 0.304. The molecule has 1 fully saturated rings. The van der Waals surface area contributed by atoms with Crippen molar-refractivity contribution in [3.05, 3.63) is 28.2 Å². The zero-order valence-corrected chi connectivity index (χ0v) is 14.0. The fourth-order valence-corrected chi connectivity index (χ4v) is 2.60. The molecule has 3 heteroatoms. The van der Waals surface area contributed by atoms with Crippen LogP contribution in [0.4, 0.5) is 0 Å². The highest BCUT2D eigenvalue weighted by Crippen LogP contribution is 2.25. The average molecular weight is 340 g/mol. The largest absolute Gasteiger partial charge is 0.494 e. The lowest BCUT2D eigenvalue weighted by Gasteiger charge is -2.10. The van der Waals surface area contributed by atoms with Crippen molar-refractivity contribution in [2.24, 2.45) is 0 Å². The van der Waals surface area contributed by atoms with E-state index in [0.29, 0.717) is 0 Å². The molecule has 20 heavy (non-hydrogen) atoms. The van der Waals surface area contributed by atoms with Gasteiger partial charge >= 0.3 is 0 Å². The molecule has 0 atom stereocenters. The molecule has 0 amide bonds. The molecule has 1 saturated carbocycles. The van der Waals surface area contributed by atoms with E-state index in [9.17, 15) is 0 Å². The number of ether oxygens (including phenoxy) is 1. The molecule has 0 saturated heterocycles. The molecule has 1 aromatic rings. The molecule has 1 aliphatic carbocycles. The molecule has 0 spiro atoms. The van der Waals surface area contributed by atoms with Crippen LogP contribution in [-0.4, -0.2) is 12.6 Å². The van der Waals surface area contributed by atoms with E-state index in [1.807, 2.05) is 0 Å². The summed E-state index contributed by atoms with van der Waals surface area (Å²) in [4.78, 5) is 0. The van der Waals surface area contributed by atoms with Gasteiger partial charge in [0, 0.05) is 17.1 Å². The second-order valence-electron chi connectivity index (χ2n) is 5.67. The molecule has 0 unspecified atom stereocenters. The lowest BCUT2D eigenvalue weighted by atomic mass is 10.2. The van der Waals surface area contributed by atoms with Crippen LogP contribution in [0.2, 0.25) is 0 Å².